The summed E-state index contributed by atoms with van der Waals surface area (Å²) in [6.45, 7) is 3.85. The van der Waals surface area contributed by atoms with Gasteiger partial charge < -0.3 is 10.2 Å². The molecule has 1 aromatic heterocycles. The third kappa shape index (κ3) is 3.34. The minimum Gasteiger partial charge on any atom is -0.331 e. The van der Waals surface area contributed by atoms with Gasteiger partial charge in [0.1, 0.15) is 0 Å². The normalized spacial score (nSPS) is 28.2. The summed E-state index contributed by atoms with van der Waals surface area (Å²) in [6.07, 6.45) is 5.70. The van der Waals surface area contributed by atoms with Gasteiger partial charge in [-0.05, 0) is 44.2 Å². The lowest BCUT2D eigenvalue weighted by atomic mass is 10.0. The maximum Gasteiger partial charge on any atom is 0.317 e. The van der Waals surface area contributed by atoms with Gasteiger partial charge in [-0.2, -0.15) is 0 Å². The van der Waals surface area contributed by atoms with Gasteiger partial charge in [0.2, 0.25) is 0 Å². The maximum absolute atomic E-state index is 12.6. The summed E-state index contributed by atoms with van der Waals surface area (Å²) in [5.74, 6) is 0.450. The molecule has 2 fully saturated rings. The number of sulfone groups is 1. The van der Waals surface area contributed by atoms with E-state index in [1.54, 1.807) is 31.1 Å². The van der Waals surface area contributed by atoms with Crippen LogP contribution in [0.25, 0.3) is 0 Å². The SMILES string of the molecule is CC1CN(C(=O)NC(c2cccnc2)C2CC2)CC(C)S1(=O)=O. The lowest BCUT2D eigenvalue weighted by molar-refractivity contribution is 0.189. The van der Waals surface area contributed by atoms with Gasteiger partial charge in [0.15, 0.2) is 9.84 Å². The Morgan fingerprint density at radius 1 is 1.30 bits per heavy atom. The first-order valence-electron chi connectivity index (χ1n) is 8.07. The van der Waals surface area contributed by atoms with Gasteiger partial charge in [0, 0.05) is 25.5 Å². The predicted molar refractivity (Wildman–Crippen MR) is 87.7 cm³/mol. The quantitative estimate of drug-likeness (QED) is 0.911. The molecule has 2 heterocycles. The number of rotatable bonds is 3. The Hall–Kier alpha value is -1.63. The van der Waals surface area contributed by atoms with E-state index in [0.29, 0.717) is 5.92 Å². The van der Waals surface area contributed by atoms with Gasteiger partial charge in [-0.1, -0.05) is 6.07 Å². The topological polar surface area (TPSA) is 79.4 Å². The van der Waals surface area contributed by atoms with E-state index >= 15 is 0 Å². The Kier molecular flexibility index (Phi) is 4.31. The first kappa shape index (κ1) is 16.2. The van der Waals surface area contributed by atoms with Crippen molar-refractivity contribution in [1.29, 1.82) is 0 Å². The summed E-state index contributed by atoms with van der Waals surface area (Å²) >= 11 is 0. The molecule has 3 unspecified atom stereocenters. The molecule has 1 aromatic rings. The Bertz CT molecular complexity index is 655. The number of carbonyl (C=O) groups excluding carboxylic acids is 1. The van der Waals surface area contributed by atoms with E-state index in [1.165, 1.54) is 0 Å². The molecule has 0 radical (unpaired) electrons. The zero-order chi connectivity index (χ0) is 16.6. The molecule has 1 aliphatic carbocycles. The maximum atomic E-state index is 12.6. The van der Waals surface area contributed by atoms with Crippen molar-refractivity contribution in [3.63, 3.8) is 0 Å². The molecule has 2 aliphatic rings. The van der Waals surface area contributed by atoms with Crippen LogP contribution in [0.1, 0.15) is 38.3 Å². The summed E-state index contributed by atoms with van der Waals surface area (Å²) in [5.41, 5.74) is 1.01. The molecule has 0 spiro atoms. The highest BCUT2D eigenvalue weighted by atomic mass is 32.2. The lowest BCUT2D eigenvalue weighted by Gasteiger charge is -2.35. The van der Waals surface area contributed by atoms with Crippen LogP contribution in [-0.2, 0) is 9.84 Å². The third-order valence-corrected chi connectivity index (χ3v) is 7.32. The molecule has 1 saturated carbocycles. The summed E-state index contributed by atoms with van der Waals surface area (Å²) < 4.78 is 24.2. The largest absolute Gasteiger partial charge is 0.331 e. The third-order valence-electron chi connectivity index (χ3n) is 4.78. The van der Waals surface area contributed by atoms with Crippen LogP contribution in [0.5, 0.6) is 0 Å². The molecule has 7 heteroatoms. The summed E-state index contributed by atoms with van der Waals surface area (Å²) in [5, 5.41) is 2.05. The molecule has 1 N–H and O–H groups in total. The van der Waals surface area contributed by atoms with E-state index in [0.717, 1.165) is 18.4 Å². The van der Waals surface area contributed by atoms with Gasteiger partial charge in [-0.25, -0.2) is 13.2 Å². The highest BCUT2D eigenvalue weighted by Crippen LogP contribution is 2.40. The molecule has 1 aliphatic heterocycles. The smallest absolute Gasteiger partial charge is 0.317 e. The van der Waals surface area contributed by atoms with E-state index < -0.39 is 20.3 Å². The first-order chi connectivity index (χ1) is 10.9. The number of nitrogens with zero attached hydrogens (tertiary/aromatic N) is 2. The van der Waals surface area contributed by atoms with Crippen molar-refractivity contribution in [1.82, 2.24) is 15.2 Å². The van der Waals surface area contributed by atoms with Crippen LogP contribution in [0.15, 0.2) is 24.5 Å². The number of urea groups is 1. The number of amides is 2. The highest BCUT2D eigenvalue weighted by molar-refractivity contribution is 7.92. The Morgan fingerprint density at radius 2 is 1.96 bits per heavy atom. The van der Waals surface area contributed by atoms with Crippen molar-refractivity contribution in [3.8, 4) is 0 Å². The van der Waals surface area contributed by atoms with Crippen LogP contribution in [0.2, 0.25) is 0 Å². The summed E-state index contributed by atoms with van der Waals surface area (Å²) in [6, 6.07) is 3.62. The lowest BCUT2D eigenvalue weighted by Crippen LogP contribution is -2.55. The second-order valence-corrected chi connectivity index (χ2v) is 9.45. The number of aromatic nitrogens is 1. The summed E-state index contributed by atoms with van der Waals surface area (Å²) in [4.78, 5) is 18.4. The van der Waals surface area contributed by atoms with E-state index in [2.05, 4.69) is 10.3 Å². The fourth-order valence-electron chi connectivity index (χ4n) is 3.15. The van der Waals surface area contributed by atoms with E-state index in [9.17, 15) is 13.2 Å². The van der Waals surface area contributed by atoms with E-state index in [4.69, 9.17) is 0 Å². The van der Waals surface area contributed by atoms with Crippen molar-refractivity contribution in [3.05, 3.63) is 30.1 Å². The van der Waals surface area contributed by atoms with Gasteiger partial charge in [-0.3, -0.25) is 4.98 Å². The van der Waals surface area contributed by atoms with Crippen molar-refractivity contribution in [2.45, 2.75) is 43.2 Å². The first-order valence-corrected chi connectivity index (χ1v) is 9.68. The molecule has 3 atom stereocenters. The monoisotopic (exact) mass is 337 g/mol. The van der Waals surface area contributed by atoms with Gasteiger partial charge >= 0.3 is 6.03 Å². The molecule has 0 bridgehead atoms. The number of pyridine rings is 1. The zero-order valence-corrected chi connectivity index (χ0v) is 14.3. The van der Waals surface area contributed by atoms with Crippen LogP contribution in [0.3, 0.4) is 0 Å². The average molecular weight is 337 g/mol. The molecule has 3 rings (SSSR count). The van der Waals surface area contributed by atoms with Gasteiger partial charge in [0.25, 0.3) is 0 Å². The molecule has 1 saturated heterocycles. The summed E-state index contributed by atoms with van der Waals surface area (Å²) in [7, 11) is -3.12. The fourth-order valence-corrected chi connectivity index (χ4v) is 4.72. The Morgan fingerprint density at radius 3 is 2.48 bits per heavy atom. The molecule has 2 amide bonds. The Labute approximate surface area is 137 Å². The molecular weight excluding hydrogens is 314 g/mol. The molecule has 6 nitrogen and oxygen atoms in total. The minimum absolute atomic E-state index is 0.0413. The average Bonchev–Trinajstić information content (AvgIpc) is 3.35. The van der Waals surface area contributed by atoms with E-state index in [1.807, 2.05) is 12.1 Å². The molecule has 0 aromatic carbocycles. The van der Waals surface area contributed by atoms with Crippen LogP contribution >= 0.6 is 0 Å². The number of hydrogen-bond donors (Lipinski definition) is 1. The van der Waals surface area contributed by atoms with Crippen LogP contribution in [0, 0.1) is 5.92 Å². The molecular formula is C16H23N3O3S. The Balaban J connectivity index is 1.71. The molecule has 23 heavy (non-hydrogen) atoms. The standard InChI is InChI=1S/C16H23N3O3S/c1-11-9-19(10-12(2)23(11,21)22)16(20)18-15(13-5-6-13)14-4-3-7-17-8-14/h3-4,7-8,11-13,15H,5-6,9-10H2,1-2H3,(H,18,20). The van der Waals surface area contributed by atoms with Crippen LogP contribution in [-0.4, -0.2) is 47.9 Å². The fraction of sp³-hybridized carbons (Fsp3) is 0.625. The van der Waals surface area contributed by atoms with Crippen molar-refractivity contribution >= 4 is 15.9 Å². The van der Waals surface area contributed by atoms with Crippen molar-refractivity contribution in [2.75, 3.05) is 13.1 Å². The number of nitrogens with one attached hydrogen (secondary N) is 1. The van der Waals surface area contributed by atoms with Crippen LogP contribution < -0.4 is 5.32 Å². The predicted octanol–water partition coefficient (Wildman–Crippen LogP) is 1.75. The van der Waals surface area contributed by atoms with Gasteiger partial charge in [-0.15, -0.1) is 0 Å². The zero-order valence-electron chi connectivity index (χ0n) is 13.5. The van der Waals surface area contributed by atoms with Crippen molar-refractivity contribution < 1.29 is 13.2 Å². The van der Waals surface area contributed by atoms with Crippen LogP contribution in [0.4, 0.5) is 4.79 Å². The molecule has 126 valence electrons. The second-order valence-electron chi connectivity index (χ2n) is 6.67. The highest BCUT2D eigenvalue weighted by Gasteiger charge is 2.39. The number of carbonyl (C=O) groups is 1. The number of hydrogen-bond acceptors (Lipinski definition) is 4. The van der Waals surface area contributed by atoms with Crippen molar-refractivity contribution in [2.24, 2.45) is 5.92 Å². The minimum atomic E-state index is -3.12. The second kappa shape index (κ2) is 6.11. The van der Waals surface area contributed by atoms with E-state index in [-0.39, 0.29) is 25.2 Å². The van der Waals surface area contributed by atoms with Gasteiger partial charge in [0.05, 0.1) is 16.5 Å².